The van der Waals surface area contributed by atoms with Crippen molar-refractivity contribution >= 4 is 22.6 Å². The summed E-state index contributed by atoms with van der Waals surface area (Å²) < 4.78 is 27.2. The van der Waals surface area contributed by atoms with Gasteiger partial charge in [-0.15, -0.1) is 0 Å². The molecule has 1 rings (SSSR count). The second-order valence-corrected chi connectivity index (χ2v) is 4.28. The van der Waals surface area contributed by atoms with Gasteiger partial charge < -0.3 is 0 Å². The zero-order valence-corrected chi connectivity index (χ0v) is 9.30. The van der Waals surface area contributed by atoms with Gasteiger partial charge in [-0.2, -0.15) is 5.26 Å². The highest BCUT2D eigenvalue weighted by molar-refractivity contribution is 14.1. The molecule has 1 unspecified atom stereocenters. The third-order valence-corrected chi connectivity index (χ3v) is 2.72. The zero-order valence-electron chi connectivity index (χ0n) is 7.14. The zero-order chi connectivity index (χ0) is 9.90. The molecule has 1 heterocycles. The van der Waals surface area contributed by atoms with Crippen LogP contribution >= 0.6 is 22.6 Å². The van der Waals surface area contributed by atoms with Crippen molar-refractivity contribution in [2.24, 2.45) is 5.92 Å². The van der Waals surface area contributed by atoms with Crippen molar-refractivity contribution in [3.63, 3.8) is 0 Å². The van der Waals surface area contributed by atoms with Crippen LogP contribution in [0.5, 0.6) is 0 Å². The van der Waals surface area contributed by atoms with Gasteiger partial charge >= 0.3 is 0 Å². The average molecular weight is 300 g/mol. The minimum Gasteiger partial charge on any atom is -0.297 e. The van der Waals surface area contributed by atoms with Gasteiger partial charge in [0.1, 0.15) is 5.92 Å². The SMILES string of the molecule is N#CC1CCN(CCI)CC1(F)F. The fourth-order valence-electron chi connectivity index (χ4n) is 1.48. The van der Waals surface area contributed by atoms with Crippen LogP contribution in [0.25, 0.3) is 0 Å². The molecule has 74 valence electrons. The van der Waals surface area contributed by atoms with Gasteiger partial charge in [-0.25, -0.2) is 8.78 Å². The lowest BCUT2D eigenvalue weighted by molar-refractivity contribution is -0.0902. The van der Waals surface area contributed by atoms with Crippen molar-refractivity contribution in [3.8, 4) is 6.07 Å². The fourth-order valence-corrected chi connectivity index (χ4v) is 2.16. The Hall–Kier alpha value is 0.0400. The van der Waals surface area contributed by atoms with E-state index < -0.39 is 11.8 Å². The van der Waals surface area contributed by atoms with Gasteiger partial charge in [-0.3, -0.25) is 4.90 Å². The predicted molar refractivity (Wildman–Crippen MR) is 54.0 cm³/mol. The number of hydrogen-bond donors (Lipinski definition) is 0. The maximum absolute atomic E-state index is 13.2. The van der Waals surface area contributed by atoms with Crippen LogP contribution in [0, 0.1) is 17.2 Å². The summed E-state index contributed by atoms with van der Waals surface area (Å²) in [7, 11) is 0. The molecule has 1 atom stereocenters. The van der Waals surface area contributed by atoms with E-state index in [0.29, 0.717) is 19.5 Å². The summed E-state index contributed by atoms with van der Waals surface area (Å²) in [6.45, 7) is 1.05. The number of piperidine rings is 1. The van der Waals surface area contributed by atoms with E-state index >= 15 is 0 Å². The highest BCUT2D eigenvalue weighted by atomic mass is 127. The van der Waals surface area contributed by atoms with Crippen LogP contribution in [0.3, 0.4) is 0 Å². The number of hydrogen-bond acceptors (Lipinski definition) is 2. The van der Waals surface area contributed by atoms with Gasteiger partial charge in [0, 0.05) is 11.0 Å². The lowest BCUT2D eigenvalue weighted by Crippen LogP contribution is -2.48. The van der Waals surface area contributed by atoms with E-state index in [1.807, 2.05) is 0 Å². The van der Waals surface area contributed by atoms with Gasteiger partial charge in [0.25, 0.3) is 5.92 Å². The van der Waals surface area contributed by atoms with Crippen molar-refractivity contribution in [2.45, 2.75) is 12.3 Å². The average Bonchev–Trinajstić information content (AvgIpc) is 2.03. The van der Waals surface area contributed by atoms with Crippen LogP contribution in [-0.4, -0.2) is 34.9 Å². The molecule has 5 heteroatoms. The maximum atomic E-state index is 13.2. The number of halogens is 3. The van der Waals surface area contributed by atoms with E-state index in [1.165, 1.54) is 0 Å². The molecule has 0 N–H and O–H groups in total. The van der Waals surface area contributed by atoms with Crippen molar-refractivity contribution in [2.75, 3.05) is 24.1 Å². The molecule has 1 aliphatic rings. The Morgan fingerprint density at radius 1 is 1.62 bits per heavy atom. The molecule has 0 amide bonds. The van der Waals surface area contributed by atoms with E-state index in [4.69, 9.17) is 5.26 Å². The Balaban J connectivity index is 2.55. The Bertz CT molecular complexity index is 215. The fraction of sp³-hybridized carbons (Fsp3) is 0.875. The lowest BCUT2D eigenvalue weighted by Gasteiger charge is -2.34. The molecule has 2 nitrogen and oxygen atoms in total. The molecule has 1 fully saturated rings. The smallest absolute Gasteiger partial charge is 0.276 e. The van der Waals surface area contributed by atoms with Crippen LogP contribution in [0.15, 0.2) is 0 Å². The molecular weight excluding hydrogens is 289 g/mol. The maximum Gasteiger partial charge on any atom is 0.276 e. The number of nitrogens with zero attached hydrogens (tertiary/aromatic N) is 2. The largest absolute Gasteiger partial charge is 0.297 e. The summed E-state index contributed by atoms with van der Waals surface area (Å²) in [5, 5.41) is 8.49. The Kier molecular flexibility index (Phi) is 3.86. The molecule has 0 radical (unpaired) electrons. The van der Waals surface area contributed by atoms with Crippen LogP contribution < -0.4 is 0 Å². The summed E-state index contributed by atoms with van der Waals surface area (Å²) in [6, 6.07) is 1.68. The highest BCUT2D eigenvalue weighted by Crippen LogP contribution is 2.32. The third-order valence-electron chi connectivity index (χ3n) is 2.23. The Labute approximate surface area is 90.0 Å². The Morgan fingerprint density at radius 3 is 2.77 bits per heavy atom. The topological polar surface area (TPSA) is 27.0 Å². The molecule has 0 aromatic rings. The Morgan fingerprint density at radius 2 is 2.31 bits per heavy atom. The molecular formula is C8H11F2IN2. The first-order valence-electron chi connectivity index (χ1n) is 4.16. The van der Waals surface area contributed by atoms with Crippen LogP contribution in [0.4, 0.5) is 8.78 Å². The predicted octanol–water partition coefficient (Wildman–Crippen LogP) is 1.90. The summed E-state index contributed by atoms with van der Waals surface area (Å²) in [4.78, 5) is 1.72. The van der Waals surface area contributed by atoms with Gasteiger partial charge in [0.15, 0.2) is 0 Å². The van der Waals surface area contributed by atoms with Gasteiger partial charge in [-0.05, 0) is 13.0 Å². The van der Waals surface area contributed by atoms with Crippen molar-refractivity contribution < 1.29 is 8.78 Å². The summed E-state index contributed by atoms with van der Waals surface area (Å²) in [5.41, 5.74) is 0. The first-order valence-corrected chi connectivity index (χ1v) is 5.68. The van der Waals surface area contributed by atoms with E-state index in [9.17, 15) is 8.78 Å². The summed E-state index contributed by atoms with van der Waals surface area (Å²) in [6.07, 6.45) is 0.292. The number of alkyl halides is 3. The summed E-state index contributed by atoms with van der Waals surface area (Å²) in [5.74, 6) is -3.91. The second kappa shape index (κ2) is 4.51. The number of likely N-dealkylation sites (tertiary alicyclic amines) is 1. The van der Waals surface area contributed by atoms with E-state index in [2.05, 4.69) is 22.6 Å². The molecule has 0 aliphatic carbocycles. The molecule has 0 spiro atoms. The molecule has 0 saturated carbocycles. The lowest BCUT2D eigenvalue weighted by atomic mass is 9.94. The van der Waals surface area contributed by atoms with Crippen LogP contribution in [0.1, 0.15) is 6.42 Å². The number of nitriles is 1. The molecule has 0 aromatic carbocycles. The summed E-state index contributed by atoms with van der Waals surface area (Å²) >= 11 is 2.16. The van der Waals surface area contributed by atoms with Gasteiger partial charge in [0.05, 0.1) is 12.6 Å². The van der Waals surface area contributed by atoms with Gasteiger partial charge in [0.2, 0.25) is 0 Å². The third kappa shape index (κ3) is 2.74. The number of rotatable bonds is 2. The van der Waals surface area contributed by atoms with Crippen molar-refractivity contribution in [3.05, 3.63) is 0 Å². The standard InChI is InChI=1S/C8H11F2IN2/c9-8(10)6-13(4-2-11)3-1-7(8)5-12/h7H,1-4,6H2. The van der Waals surface area contributed by atoms with Crippen molar-refractivity contribution in [1.29, 1.82) is 5.26 Å². The first-order chi connectivity index (χ1) is 6.10. The molecule has 1 aliphatic heterocycles. The van der Waals surface area contributed by atoms with Gasteiger partial charge in [-0.1, -0.05) is 22.6 Å². The van der Waals surface area contributed by atoms with Crippen LogP contribution in [0.2, 0.25) is 0 Å². The molecule has 0 bridgehead atoms. The van der Waals surface area contributed by atoms with E-state index in [-0.39, 0.29) is 6.54 Å². The minimum atomic E-state index is -2.82. The molecule has 13 heavy (non-hydrogen) atoms. The second-order valence-electron chi connectivity index (χ2n) is 3.20. The molecule has 0 aromatic heterocycles. The first kappa shape index (κ1) is 11.1. The van der Waals surface area contributed by atoms with Crippen LogP contribution in [-0.2, 0) is 0 Å². The monoisotopic (exact) mass is 300 g/mol. The normalized spacial score (nSPS) is 28.3. The van der Waals surface area contributed by atoms with E-state index in [0.717, 1.165) is 4.43 Å². The quantitative estimate of drug-likeness (QED) is 0.575. The highest BCUT2D eigenvalue weighted by Gasteiger charge is 2.44. The van der Waals surface area contributed by atoms with Crippen molar-refractivity contribution in [1.82, 2.24) is 4.90 Å². The van der Waals surface area contributed by atoms with E-state index in [1.54, 1.807) is 11.0 Å². The minimum absolute atomic E-state index is 0.256. The molecule has 1 saturated heterocycles.